The van der Waals surface area contributed by atoms with Crippen LogP contribution in [0.15, 0.2) is 59.1 Å². The topological polar surface area (TPSA) is 135 Å². The third-order valence-electron chi connectivity index (χ3n) is 5.32. The Kier molecular flexibility index (Phi) is 8.28. The number of hydrogen-bond acceptors (Lipinski definition) is 8. The first-order valence-electron chi connectivity index (χ1n) is 10.5. The molecule has 0 aliphatic carbocycles. The van der Waals surface area contributed by atoms with Crippen molar-refractivity contribution in [2.75, 3.05) is 25.3 Å². The van der Waals surface area contributed by atoms with Gasteiger partial charge in [0, 0.05) is 11.6 Å². The van der Waals surface area contributed by atoms with Gasteiger partial charge in [0.25, 0.3) is 0 Å². The highest BCUT2D eigenvalue weighted by molar-refractivity contribution is 8.03. The number of allylic oxidation sites excluding steroid dienone is 1. The van der Waals surface area contributed by atoms with Crippen LogP contribution >= 0.6 is 11.8 Å². The van der Waals surface area contributed by atoms with E-state index in [1.54, 1.807) is 18.2 Å². The Labute approximate surface area is 206 Å². The van der Waals surface area contributed by atoms with Crippen LogP contribution < -0.4 is 10.6 Å². The van der Waals surface area contributed by atoms with Crippen LogP contribution in [0.25, 0.3) is 0 Å². The molecule has 1 heterocycles. The summed E-state index contributed by atoms with van der Waals surface area (Å²) >= 11 is 0.984. The molecule has 3 rings (SSSR count). The number of thioether (sulfide) groups is 1. The van der Waals surface area contributed by atoms with Crippen LogP contribution in [0.3, 0.4) is 0 Å². The second-order valence-corrected chi connectivity index (χ2v) is 8.63. The van der Waals surface area contributed by atoms with Gasteiger partial charge < -0.3 is 20.1 Å². The number of aryl methyl sites for hydroxylation is 1. The number of esters is 2. The number of hydrogen-bond donors (Lipinski definition) is 2. The summed E-state index contributed by atoms with van der Waals surface area (Å²) < 4.78 is 9.51. The van der Waals surface area contributed by atoms with E-state index < -0.39 is 29.7 Å². The van der Waals surface area contributed by atoms with Gasteiger partial charge in [-0.05, 0) is 42.3 Å². The first kappa shape index (κ1) is 25.5. The average Bonchev–Trinajstić information content (AvgIpc) is 2.86. The van der Waals surface area contributed by atoms with Crippen LogP contribution in [-0.4, -0.2) is 43.7 Å². The summed E-state index contributed by atoms with van der Waals surface area (Å²) in [5.41, 5.74) is 2.46. The van der Waals surface area contributed by atoms with Gasteiger partial charge >= 0.3 is 11.9 Å². The maximum Gasteiger partial charge on any atom is 0.337 e. The van der Waals surface area contributed by atoms with E-state index in [-0.39, 0.29) is 27.8 Å². The molecule has 2 amide bonds. The molecule has 9 nitrogen and oxygen atoms in total. The summed E-state index contributed by atoms with van der Waals surface area (Å²) in [6.45, 7) is 1.90. The molecule has 2 N–H and O–H groups in total. The number of nitriles is 1. The molecule has 1 aliphatic heterocycles. The van der Waals surface area contributed by atoms with Gasteiger partial charge in [0.15, 0.2) is 0 Å². The van der Waals surface area contributed by atoms with Crippen molar-refractivity contribution >= 4 is 41.2 Å². The molecule has 35 heavy (non-hydrogen) atoms. The number of benzene rings is 2. The molecular weight excluding hydrogens is 470 g/mol. The van der Waals surface area contributed by atoms with Gasteiger partial charge in [-0.2, -0.15) is 5.26 Å². The highest BCUT2D eigenvalue weighted by atomic mass is 32.2. The maximum atomic E-state index is 12.9. The minimum atomic E-state index is -1.32. The molecular formula is C25H23N3O6S. The Hall–Kier alpha value is -4.10. The minimum Gasteiger partial charge on any atom is -0.468 e. The predicted octanol–water partition coefficient (Wildman–Crippen LogP) is 2.89. The highest BCUT2D eigenvalue weighted by Crippen LogP contribution is 2.40. The van der Waals surface area contributed by atoms with Crippen LogP contribution in [0.5, 0.6) is 0 Å². The largest absolute Gasteiger partial charge is 0.468 e. The summed E-state index contributed by atoms with van der Waals surface area (Å²) in [5.74, 6) is -4.69. The van der Waals surface area contributed by atoms with Crippen LogP contribution in [0.4, 0.5) is 5.69 Å². The number of nitrogens with zero attached hydrogens (tertiary/aromatic N) is 1. The molecule has 0 unspecified atom stereocenters. The van der Waals surface area contributed by atoms with Crippen molar-refractivity contribution in [1.82, 2.24) is 5.32 Å². The zero-order valence-corrected chi connectivity index (χ0v) is 20.1. The summed E-state index contributed by atoms with van der Waals surface area (Å²) in [4.78, 5) is 49.6. The normalized spacial score (nSPS) is 17.1. The number of nitrogens with one attached hydrogen (secondary N) is 2. The molecule has 180 valence electrons. The fourth-order valence-corrected chi connectivity index (χ4v) is 4.53. The second-order valence-electron chi connectivity index (χ2n) is 7.64. The minimum absolute atomic E-state index is 0.0778. The lowest BCUT2D eigenvalue weighted by atomic mass is 9.78. The molecule has 0 bridgehead atoms. The summed E-state index contributed by atoms with van der Waals surface area (Å²) in [6, 6.07) is 15.4. The van der Waals surface area contributed by atoms with Crippen molar-refractivity contribution in [2.45, 2.75) is 12.8 Å². The lowest BCUT2D eigenvalue weighted by molar-refractivity contribution is -0.150. The molecule has 2 aromatic rings. The Morgan fingerprint density at radius 3 is 2.43 bits per heavy atom. The first-order valence-corrected chi connectivity index (χ1v) is 11.5. The Balaban J connectivity index is 1.91. The zero-order chi connectivity index (χ0) is 25.5. The van der Waals surface area contributed by atoms with E-state index in [1.165, 1.54) is 19.2 Å². The van der Waals surface area contributed by atoms with Gasteiger partial charge in [-0.15, -0.1) is 0 Å². The molecule has 1 aliphatic rings. The smallest absolute Gasteiger partial charge is 0.337 e. The molecule has 0 radical (unpaired) electrons. The van der Waals surface area contributed by atoms with Crippen LogP contribution in [0.2, 0.25) is 0 Å². The third-order valence-corrected chi connectivity index (χ3v) is 6.34. The van der Waals surface area contributed by atoms with Gasteiger partial charge in [0.05, 0.1) is 42.2 Å². The third kappa shape index (κ3) is 5.88. The standard InChI is InChI=1S/C25H23N3O6S/c1-14-5-4-6-17(11-14)27-19(29)13-35-23-18(12-26)20(21(22(30)28-23)25(32)34-3)15-7-9-16(10-8-15)24(31)33-2/h4-11,20-21H,13H2,1-3H3,(H,27,29)(H,28,30)/t20-,21+/m0/s1. The van der Waals surface area contributed by atoms with Crippen molar-refractivity contribution in [3.63, 3.8) is 0 Å². The Bertz CT molecular complexity index is 1230. The fourth-order valence-electron chi connectivity index (χ4n) is 3.68. The second kappa shape index (κ2) is 11.4. The monoisotopic (exact) mass is 493 g/mol. The van der Waals surface area contributed by atoms with Crippen molar-refractivity contribution in [3.8, 4) is 6.07 Å². The zero-order valence-electron chi connectivity index (χ0n) is 19.3. The number of anilines is 1. The lowest BCUT2D eigenvalue weighted by Crippen LogP contribution is -2.44. The summed E-state index contributed by atoms with van der Waals surface area (Å²) in [5, 5.41) is 15.5. The van der Waals surface area contributed by atoms with Crippen molar-refractivity contribution < 1.29 is 28.7 Å². The van der Waals surface area contributed by atoms with Gasteiger partial charge in [-0.3, -0.25) is 14.4 Å². The number of carbonyl (C=O) groups excluding carboxylic acids is 4. The molecule has 0 spiro atoms. The Morgan fingerprint density at radius 2 is 1.83 bits per heavy atom. The SMILES string of the molecule is COC(=O)c1ccc([C@H]2C(C#N)=C(SCC(=O)Nc3cccc(C)c3)NC(=O)[C@@H]2C(=O)OC)cc1. The van der Waals surface area contributed by atoms with E-state index >= 15 is 0 Å². The fraction of sp³-hybridized carbons (Fsp3) is 0.240. The van der Waals surface area contributed by atoms with E-state index in [1.807, 2.05) is 25.1 Å². The number of rotatable bonds is 7. The number of methoxy groups -OCH3 is 2. The average molecular weight is 494 g/mol. The van der Waals surface area contributed by atoms with Crippen LogP contribution in [0.1, 0.15) is 27.4 Å². The molecule has 0 aromatic heterocycles. The number of ether oxygens (including phenoxy) is 2. The van der Waals surface area contributed by atoms with Gasteiger partial charge in [0.2, 0.25) is 11.8 Å². The van der Waals surface area contributed by atoms with Crippen LogP contribution in [-0.2, 0) is 23.9 Å². The van der Waals surface area contributed by atoms with Crippen molar-refractivity contribution in [2.24, 2.45) is 5.92 Å². The van der Waals surface area contributed by atoms with E-state index in [4.69, 9.17) is 9.47 Å². The molecule has 0 saturated carbocycles. The molecule has 2 aromatic carbocycles. The summed E-state index contributed by atoms with van der Waals surface area (Å²) in [6.07, 6.45) is 0. The number of carbonyl (C=O) groups is 4. The molecule has 10 heteroatoms. The Morgan fingerprint density at radius 1 is 1.11 bits per heavy atom. The quantitative estimate of drug-likeness (QED) is 0.444. The van der Waals surface area contributed by atoms with E-state index in [0.717, 1.165) is 24.4 Å². The highest BCUT2D eigenvalue weighted by Gasteiger charge is 2.44. The molecule has 2 atom stereocenters. The van der Waals surface area contributed by atoms with E-state index in [0.29, 0.717) is 11.3 Å². The van der Waals surface area contributed by atoms with Crippen molar-refractivity contribution in [1.29, 1.82) is 5.26 Å². The number of amides is 2. The predicted molar refractivity (Wildman–Crippen MR) is 129 cm³/mol. The van der Waals surface area contributed by atoms with Gasteiger partial charge in [-0.25, -0.2) is 4.79 Å². The molecule has 0 fully saturated rings. The van der Waals surface area contributed by atoms with Gasteiger partial charge in [0.1, 0.15) is 5.92 Å². The van der Waals surface area contributed by atoms with Crippen molar-refractivity contribution in [3.05, 3.63) is 75.8 Å². The molecule has 0 saturated heterocycles. The lowest BCUT2D eigenvalue weighted by Gasteiger charge is -2.31. The maximum absolute atomic E-state index is 12.9. The van der Waals surface area contributed by atoms with E-state index in [9.17, 15) is 24.4 Å². The summed E-state index contributed by atoms with van der Waals surface area (Å²) in [7, 11) is 2.41. The van der Waals surface area contributed by atoms with Gasteiger partial charge in [-0.1, -0.05) is 36.0 Å². The van der Waals surface area contributed by atoms with E-state index in [2.05, 4.69) is 16.7 Å². The van der Waals surface area contributed by atoms with Crippen LogP contribution in [0, 0.1) is 24.2 Å². The first-order chi connectivity index (χ1) is 16.8.